The monoisotopic (exact) mass is 273 g/mol. The summed E-state index contributed by atoms with van der Waals surface area (Å²) in [5.41, 5.74) is 0.917. The van der Waals surface area contributed by atoms with Crippen LogP contribution in [-0.2, 0) is 6.54 Å². The highest BCUT2D eigenvalue weighted by molar-refractivity contribution is 7.99. The minimum absolute atomic E-state index is 0.261. The standard InChI is InChI=1S/C13H17ClFNS/c14-12-5-11(6-13(15)7-12)9-16-8-10-1-3-17-4-2-10/h5-7,10,16H,1-4,8-9H2. The van der Waals surface area contributed by atoms with Gasteiger partial charge >= 0.3 is 0 Å². The summed E-state index contributed by atoms with van der Waals surface area (Å²) < 4.78 is 13.1. The Bertz CT molecular complexity index is 346. The zero-order valence-corrected chi connectivity index (χ0v) is 11.3. The van der Waals surface area contributed by atoms with Crippen molar-refractivity contribution in [3.63, 3.8) is 0 Å². The predicted molar refractivity (Wildman–Crippen MR) is 73.2 cm³/mol. The molecule has 0 atom stereocenters. The van der Waals surface area contributed by atoms with Gasteiger partial charge in [0.15, 0.2) is 0 Å². The lowest BCUT2D eigenvalue weighted by atomic mass is 10.0. The number of benzene rings is 1. The van der Waals surface area contributed by atoms with E-state index in [0.29, 0.717) is 11.6 Å². The molecule has 1 N–H and O–H groups in total. The second kappa shape index (κ2) is 6.62. The van der Waals surface area contributed by atoms with Crippen LogP contribution in [0.1, 0.15) is 18.4 Å². The molecule has 0 aromatic heterocycles. The quantitative estimate of drug-likeness (QED) is 0.898. The smallest absolute Gasteiger partial charge is 0.125 e. The maximum absolute atomic E-state index is 13.1. The van der Waals surface area contributed by atoms with Gasteiger partial charge in [0.1, 0.15) is 5.82 Å². The van der Waals surface area contributed by atoms with Crippen LogP contribution in [0.25, 0.3) is 0 Å². The Hall–Kier alpha value is -0.250. The first-order valence-electron chi connectivity index (χ1n) is 5.97. The van der Waals surface area contributed by atoms with E-state index >= 15 is 0 Å². The molecular formula is C13H17ClFNS. The molecule has 1 aromatic rings. The number of halogens is 2. The summed E-state index contributed by atoms with van der Waals surface area (Å²) in [4.78, 5) is 0. The highest BCUT2D eigenvalue weighted by Crippen LogP contribution is 2.22. The number of rotatable bonds is 4. The van der Waals surface area contributed by atoms with E-state index < -0.39 is 0 Å². The first kappa shape index (κ1) is 13.2. The van der Waals surface area contributed by atoms with E-state index in [0.717, 1.165) is 18.0 Å². The minimum Gasteiger partial charge on any atom is -0.312 e. The summed E-state index contributed by atoms with van der Waals surface area (Å²) in [6, 6.07) is 4.69. The van der Waals surface area contributed by atoms with Crippen LogP contribution >= 0.6 is 23.4 Å². The maximum atomic E-state index is 13.1. The van der Waals surface area contributed by atoms with Crippen molar-refractivity contribution in [3.8, 4) is 0 Å². The van der Waals surface area contributed by atoms with Gasteiger partial charge in [0.2, 0.25) is 0 Å². The van der Waals surface area contributed by atoms with Crippen LogP contribution in [0.5, 0.6) is 0 Å². The highest BCUT2D eigenvalue weighted by atomic mass is 35.5. The molecule has 1 saturated heterocycles. The van der Waals surface area contributed by atoms with Gasteiger partial charge in [-0.1, -0.05) is 11.6 Å². The minimum atomic E-state index is -0.261. The Morgan fingerprint density at radius 1 is 1.29 bits per heavy atom. The Morgan fingerprint density at radius 2 is 2.06 bits per heavy atom. The Morgan fingerprint density at radius 3 is 2.76 bits per heavy atom. The lowest BCUT2D eigenvalue weighted by molar-refractivity contribution is 0.447. The van der Waals surface area contributed by atoms with Gasteiger partial charge in [0.05, 0.1) is 0 Å². The number of hydrogen-bond donors (Lipinski definition) is 1. The molecule has 1 aromatic carbocycles. The number of nitrogens with one attached hydrogen (secondary N) is 1. The molecule has 17 heavy (non-hydrogen) atoms. The summed E-state index contributed by atoms with van der Waals surface area (Å²) in [6.45, 7) is 1.72. The highest BCUT2D eigenvalue weighted by Gasteiger charge is 2.12. The number of thioether (sulfide) groups is 1. The molecule has 0 radical (unpaired) electrons. The molecule has 1 aliphatic rings. The molecule has 1 nitrogen and oxygen atoms in total. The zero-order chi connectivity index (χ0) is 12.1. The average molecular weight is 274 g/mol. The third-order valence-corrected chi connectivity index (χ3v) is 4.29. The summed E-state index contributed by atoms with van der Waals surface area (Å²) in [6.07, 6.45) is 2.59. The van der Waals surface area contributed by atoms with Crippen LogP contribution in [0.15, 0.2) is 18.2 Å². The van der Waals surface area contributed by atoms with Gasteiger partial charge in [-0.15, -0.1) is 0 Å². The molecule has 0 spiro atoms. The van der Waals surface area contributed by atoms with Crippen LogP contribution in [0.3, 0.4) is 0 Å². The lowest BCUT2D eigenvalue weighted by Crippen LogP contribution is -2.25. The maximum Gasteiger partial charge on any atom is 0.125 e. The van der Waals surface area contributed by atoms with E-state index in [-0.39, 0.29) is 5.82 Å². The predicted octanol–water partition coefficient (Wildman–Crippen LogP) is 3.71. The van der Waals surface area contributed by atoms with E-state index in [1.165, 1.54) is 36.5 Å². The molecule has 0 amide bonds. The second-order valence-corrected chi connectivity index (χ2v) is 6.13. The summed E-state index contributed by atoms with van der Waals surface area (Å²) in [5, 5.41) is 3.86. The third-order valence-electron chi connectivity index (χ3n) is 3.03. The van der Waals surface area contributed by atoms with Gasteiger partial charge in [-0.3, -0.25) is 0 Å². The van der Waals surface area contributed by atoms with Gasteiger partial charge in [-0.05, 0) is 60.6 Å². The molecule has 94 valence electrons. The fraction of sp³-hybridized carbons (Fsp3) is 0.538. The molecular weight excluding hydrogens is 257 g/mol. The van der Waals surface area contributed by atoms with Crippen LogP contribution in [-0.4, -0.2) is 18.1 Å². The number of hydrogen-bond acceptors (Lipinski definition) is 2. The molecule has 0 saturated carbocycles. The molecule has 1 fully saturated rings. The molecule has 4 heteroatoms. The summed E-state index contributed by atoms with van der Waals surface area (Å²) in [5.74, 6) is 3.07. The van der Waals surface area contributed by atoms with Crippen LogP contribution in [0.4, 0.5) is 4.39 Å². The average Bonchev–Trinajstić information content (AvgIpc) is 2.29. The van der Waals surface area contributed by atoms with Gasteiger partial charge < -0.3 is 5.32 Å². The van der Waals surface area contributed by atoms with Crippen molar-refractivity contribution >= 4 is 23.4 Å². The molecule has 1 aliphatic heterocycles. The summed E-state index contributed by atoms with van der Waals surface area (Å²) >= 11 is 7.84. The van der Waals surface area contributed by atoms with Crippen LogP contribution in [0.2, 0.25) is 5.02 Å². The topological polar surface area (TPSA) is 12.0 Å². The van der Waals surface area contributed by atoms with E-state index in [1.54, 1.807) is 0 Å². The molecule has 0 aliphatic carbocycles. The lowest BCUT2D eigenvalue weighted by Gasteiger charge is -2.21. The van der Waals surface area contributed by atoms with Gasteiger partial charge in [0.25, 0.3) is 0 Å². The van der Waals surface area contributed by atoms with Crippen molar-refractivity contribution < 1.29 is 4.39 Å². The van der Waals surface area contributed by atoms with Crippen molar-refractivity contribution in [1.29, 1.82) is 0 Å². The van der Waals surface area contributed by atoms with Crippen molar-refractivity contribution in [1.82, 2.24) is 5.32 Å². The molecule has 1 heterocycles. The van der Waals surface area contributed by atoms with Gasteiger partial charge in [0, 0.05) is 11.6 Å². The SMILES string of the molecule is Fc1cc(Cl)cc(CNCC2CCSCC2)c1. The van der Waals surface area contributed by atoms with Gasteiger partial charge in [-0.25, -0.2) is 4.39 Å². The fourth-order valence-electron chi connectivity index (χ4n) is 2.08. The molecule has 0 unspecified atom stereocenters. The van der Waals surface area contributed by atoms with Crippen LogP contribution < -0.4 is 5.32 Å². The first-order chi connectivity index (χ1) is 8.24. The Labute approximate surface area is 111 Å². The van der Waals surface area contributed by atoms with Gasteiger partial charge in [-0.2, -0.15) is 11.8 Å². The zero-order valence-electron chi connectivity index (χ0n) is 9.72. The van der Waals surface area contributed by atoms with E-state index in [2.05, 4.69) is 5.32 Å². The van der Waals surface area contributed by atoms with Crippen molar-refractivity contribution in [2.24, 2.45) is 5.92 Å². The van der Waals surface area contributed by atoms with E-state index in [4.69, 9.17) is 11.6 Å². The normalized spacial score (nSPS) is 17.3. The molecule has 0 bridgehead atoms. The van der Waals surface area contributed by atoms with Crippen molar-refractivity contribution in [3.05, 3.63) is 34.6 Å². The van der Waals surface area contributed by atoms with E-state index in [1.807, 2.05) is 17.8 Å². The third kappa shape index (κ3) is 4.49. The Balaban J connectivity index is 1.77. The largest absolute Gasteiger partial charge is 0.312 e. The Kier molecular flexibility index (Phi) is 5.14. The second-order valence-electron chi connectivity index (χ2n) is 4.46. The fourth-order valence-corrected chi connectivity index (χ4v) is 3.53. The first-order valence-corrected chi connectivity index (χ1v) is 7.51. The van der Waals surface area contributed by atoms with Crippen molar-refractivity contribution in [2.45, 2.75) is 19.4 Å². The van der Waals surface area contributed by atoms with Crippen molar-refractivity contribution in [2.75, 3.05) is 18.1 Å². The molecule has 2 rings (SSSR count). The summed E-state index contributed by atoms with van der Waals surface area (Å²) in [7, 11) is 0. The van der Waals surface area contributed by atoms with E-state index in [9.17, 15) is 4.39 Å². The van der Waals surface area contributed by atoms with Crippen LogP contribution in [0, 0.1) is 11.7 Å².